The van der Waals surface area contributed by atoms with Crippen molar-refractivity contribution in [1.29, 1.82) is 0 Å². The van der Waals surface area contributed by atoms with Crippen LogP contribution in [0.2, 0.25) is 0 Å². The van der Waals surface area contributed by atoms with Gasteiger partial charge in [0, 0.05) is 34.7 Å². The smallest absolute Gasteiger partial charge is 0.303 e. The zero-order chi connectivity index (χ0) is 13.8. The van der Waals surface area contributed by atoms with Gasteiger partial charge < -0.3 is 5.11 Å². The number of hydrogen-bond acceptors (Lipinski definition) is 3. The number of carboxylic acids is 1. The molecule has 1 aromatic heterocycles. The first-order chi connectivity index (χ1) is 9.04. The topological polar surface area (TPSA) is 53.4 Å². The first-order valence-corrected chi connectivity index (χ1v) is 7.87. The van der Waals surface area contributed by atoms with Crippen LogP contribution in [-0.2, 0) is 11.3 Å². The second-order valence-corrected chi connectivity index (χ2v) is 6.69. The third-order valence-electron chi connectivity index (χ3n) is 3.32. The maximum absolute atomic E-state index is 10.8. The molecule has 1 unspecified atom stereocenters. The Balaban J connectivity index is 1.96. The quantitative estimate of drug-likeness (QED) is 0.855. The van der Waals surface area contributed by atoms with Gasteiger partial charge in [-0.25, -0.2) is 0 Å². The van der Waals surface area contributed by atoms with Gasteiger partial charge in [0.1, 0.15) is 0 Å². The number of carbonyl (C=O) groups is 1. The average Bonchev–Trinajstić information content (AvgIpc) is 2.32. The molecule has 0 bridgehead atoms. The number of hydrogen-bond donors (Lipinski definition) is 1. The Morgan fingerprint density at radius 1 is 1.53 bits per heavy atom. The van der Waals surface area contributed by atoms with Gasteiger partial charge in [0.15, 0.2) is 0 Å². The fourth-order valence-corrected chi connectivity index (χ4v) is 3.59. The third-order valence-corrected chi connectivity index (χ3v) is 4.44. The molecule has 2 heterocycles. The number of aliphatic carboxylic acids is 1. The van der Waals surface area contributed by atoms with Gasteiger partial charge in [0.05, 0.1) is 5.69 Å². The number of carboxylic acid groups (broad SMARTS) is 1. The maximum Gasteiger partial charge on any atom is 0.303 e. The lowest BCUT2D eigenvalue weighted by Gasteiger charge is -2.31. The first kappa shape index (κ1) is 14.9. The molecule has 1 fully saturated rings. The monoisotopic (exact) mass is 390 g/mol. The Bertz CT molecular complexity index is 468. The molecule has 1 N–H and O–H groups in total. The summed E-state index contributed by atoms with van der Waals surface area (Å²) in [6.07, 6.45) is 4.13. The van der Waals surface area contributed by atoms with Crippen LogP contribution in [0.25, 0.3) is 0 Å². The van der Waals surface area contributed by atoms with Crippen LogP contribution in [0.5, 0.6) is 0 Å². The lowest BCUT2D eigenvalue weighted by molar-refractivity contribution is -0.138. The summed E-state index contributed by atoms with van der Waals surface area (Å²) in [7, 11) is 0. The molecular formula is C13H16Br2N2O2. The zero-order valence-electron chi connectivity index (χ0n) is 10.5. The van der Waals surface area contributed by atoms with E-state index in [9.17, 15) is 4.79 Å². The minimum Gasteiger partial charge on any atom is -0.481 e. The Labute approximate surface area is 129 Å². The van der Waals surface area contributed by atoms with E-state index in [4.69, 9.17) is 5.11 Å². The summed E-state index contributed by atoms with van der Waals surface area (Å²) in [5, 5.41) is 8.87. The van der Waals surface area contributed by atoms with Crippen LogP contribution in [-0.4, -0.2) is 34.0 Å². The fourth-order valence-electron chi connectivity index (χ4n) is 2.48. The van der Waals surface area contributed by atoms with Gasteiger partial charge >= 0.3 is 5.97 Å². The van der Waals surface area contributed by atoms with Gasteiger partial charge in [0.25, 0.3) is 0 Å². The van der Waals surface area contributed by atoms with Crippen LogP contribution in [0, 0.1) is 5.92 Å². The number of halogens is 2. The molecule has 2 rings (SSSR count). The van der Waals surface area contributed by atoms with E-state index >= 15 is 0 Å². The minimum atomic E-state index is -0.699. The van der Waals surface area contributed by atoms with Gasteiger partial charge in [-0.1, -0.05) is 0 Å². The van der Waals surface area contributed by atoms with Gasteiger partial charge in [-0.15, -0.1) is 0 Å². The summed E-state index contributed by atoms with van der Waals surface area (Å²) in [6.45, 7) is 2.63. The van der Waals surface area contributed by atoms with Gasteiger partial charge in [-0.2, -0.15) is 0 Å². The largest absolute Gasteiger partial charge is 0.481 e. The highest BCUT2D eigenvalue weighted by Gasteiger charge is 2.22. The van der Waals surface area contributed by atoms with Crippen molar-refractivity contribution in [2.24, 2.45) is 5.92 Å². The normalized spacial score (nSPS) is 20.4. The molecule has 104 valence electrons. The summed E-state index contributed by atoms with van der Waals surface area (Å²) in [5.74, 6) is -0.435. The molecule has 1 atom stereocenters. The molecule has 0 aromatic carbocycles. The van der Waals surface area contributed by atoms with Crippen molar-refractivity contribution in [1.82, 2.24) is 9.88 Å². The van der Waals surface area contributed by atoms with E-state index in [-0.39, 0.29) is 12.3 Å². The summed E-state index contributed by atoms with van der Waals surface area (Å²) in [5.41, 5.74) is 0.999. The van der Waals surface area contributed by atoms with E-state index in [1.165, 1.54) is 0 Å². The molecule has 4 nitrogen and oxygen atoms in total. The summed E-state index contributed by atoms with van der Waals surface area (Å²) < 4.78 is 1.94. The fraction of sp³-hybridized carbons (Fsp3) is 0.538. The van der Waals surface area contributed by atoms with Crippen LogP contribution in [0.3, 0.4) is 0 Å². The van der Waals surface area contributed by atoms with Crippen molar-refractivity contribution in [3.63, 3.8) is 0 Å². The third kappa shape index (κ3) is 4.54. The van der Waals surface area contributed by atoms with E-state index < -0.39 is 5.97 Å². The Morgan fingerprint density at radius 2 is 2.32 bits per heavy atom. The molecular weight excluding hydrogens is 376 g/mol. The Hall–Kier alpha value is -0.460. The van der Waals surface area contributed by atoms with Crippen molar-refractivity contribution in [3.05, 3.63) is 26.9 Å². The highest BCUT2D eigenvalue weighted by Crippen LogP contribution is 2.24. The molecule has 0 radical (unpaired) electrons. The number of aromatic nitrogens is 1. The Morgan fingerprint density at radius 3 is 3.00 bits per heavy atom. The van der Waals surface area contributed by atoms with E-state index in [1.807, 2.05) is 6.07 Å². The van der Waals surface area contributed by atoms with Crippen molar-refractivity contribution in [2.75, 3.05) is 13.1 Å². The summed E-state index contributed by atoms with van der Waals surface area (Å²) in [6, 6.07) is 1.99. The number of pyridine rings is 1. The number of likely N-dealkylation sites (tertiary alicyclic amines) is 1. The van der Waals surface area contributed by atoms with Crippen LogP contribution < -0.4 is 0 Å². The molecule has 1 aliphatic heterocycles. The predicted molar refractivity (Wildman–Crippen MR) is 79.9 cm³/mol. The van der Waals surface area contributed by atoms with Crippen LogP contribution in [0.1, 0.15) is 25.0 Å². The first-order valence-electron chi connectivity index (χ1n) is 6.28. The van der Waals surface area contributed by atoms with Crippen LogP contribution >= 0.6 is 31.9 Å². The zero-order valence-corrected chi connectivity index (χ0v) is 13.7. The van der Waals surface area contributed by atoms with Crippen LogP contribution in [0.15, 0.2) is 21.2 Å². The SMILES string of the molecule is O=C(O)CC1CCCN(Cc2ncc(Br)cc2Br)C1. The maximum atomic E-state index is 10.8. The summed E-state index contributed by atoms with van der Waals surface area (Å²) >= 11 is 6.90. The highest BCUT2D eigenvalue weighted by molar-refractivity contribution is 9.11. The number of rotatable bonds is 4. The van der Waals surface area contributed by atoms with E-state index in [0.717, 1.165) is 47.1 Å². The van der Waals surface area contributed by atoms with E-state index in [2.05, 4.69) is 41.7 Å². The molecule has 6 heteroatoms. The molecule has 0 saturated carbocycles. The van der Waals surface area contributed by atoms with Crippen LogP contribution in [0.4, 0.5) is 0 Å². The van der Waals surface area contributed by atoms with Crippen molar-refractivity contribution >= 4 is 37.8 Å². The molecule has 19 heavy (non-hydrogen) atoms. The van der Waals surface area contributed by atoms with Crippen molar-refractivity contribution < 1.29 is 9.90 Å². The molecule has 1 saturated heterocycles. The lowest BCUT2D eigenvalue weighted by atomic mass is 9.95. The molecule has 0 aliphatic carbocycles. The van der Waals surface area contributed by atoms with Gasteiger partial charge in [0.2, 0.25) is 0 Å². The van der Waals surface area contributed by atoms with Gasteiger partial charge in [-0.3, -0.25) is 14.7 Å². The number of piperidine rings is 1. The van der Waals surface area contributed by atoms with Crippen molar-refractivity contribution in [3.8, 4) is 0 Å². The highest BCUT2D eigenvalue weighted by atomic mass is 79.9. The van der Waals surface area contributed by atoms with Gasteiger partial charge in [-0.05, 0) is 63.2 Å². The van der Waals surface area contributed by atoms with E-state index in [0.29, 0.717) is 0 Å². The second kappa shape index (κ2) is 6.81. The molecule has 1 aromatic rings. The molecule has 1 aliphatic rings. The van der Waals surface area contributed by atoms with E-state index in [1.54, 1.807) is 6.20 Å². The predicted octanol–water partition coefficient (Wildman–Crippen LogP) is 3.29. The standard InChI is InChI=1S/C13H16Br2N2O2/c14-10-5-11(15)12(16-6-10)8-17-3-1-2-9(7-17)4-13(18)19/h5-6,9H,1-4,7-8H2,(H,18,19). The second-order valence-electron chi connectivity index (χ2n) is 4.92. The molecule has 0 amide bonds. The molecule has 0 spiro atoms. The lowest BCUT2D eigenvalue weighted by Crippen LogP contribution is -2.36. The summed E-state index contributed by atoms with van der Waals surface area (Å²) in [4.78, 5) is 17.5. The van der Waals surface area contributed by atoms with Crippen molar-refractivity contribution in [2.45, 2.75) is 25.8 Å². The average molecular weight is 392 g/mol. The number of nitrogens with zero attached hydrogens (tertiary/aromatic N) is 2. The Kier molecular flexibility index (Phi) is 5.36. The minimum absolute atomic E-state index is 0.264.